The van der Waals surface area contributed by atoms with Gasteiger partial charge in [-0.25, -0.2) is 9.78 Å². The average Bonchev–Trinajstić information content (AvgIpc) is 2.75. The summed E-state index contributed by atoms with van der Waals surface area (Å²) in [5.41, 5.74) is 3.45. The Labute approximate surface area is 166 Å². The summed E-state index contributed by atoms with van der Waals surface area (Å²) < 4.78 is 10.8. The molecule has 6 heteroatoms. The molecule has 3 rings (SSSR count). The number of nitrogens with one attached hydrogen (secondary N) is 1. The summed E-state index contributed by atoms with van der Waals surface area (Å²) >= 11 is 0. The van der Waals surface area contributed by atoms with Gasteiger partial charge in [-0.3, -0.25) is 0 Å². The standard InChI is InChI=1S/C22H29N3O3/c1-3-5-14-28-22(26)20-11-8-17(4-2)23-21(20)24-18-6-9-19(10-7-18)25-12-15-27-16-13-25/h6-11H,3-5,12-16H2,1-2H3,(H,23,24). The van der Waals surface area contributed by atoms with Gasteiger partial charge < -0.3 is 19.7 Å². The van der Waals surface area contributed by atoms with Gasteiger partial charge in [-0.1, -0.05) is 20.3 Å². The Morgan fingerprint density at radius 3 is 2.57 bits per heavy atom. The molecule has 6 nitrogen and oxygen atoms in total. The first-order chi connectivity index (χ1) is 13.7. The van der Waals surface area contributed by atoms with Gasteiger partial charge in [0.25, 0.3) is 0 Å². The van der Waals surface area contributed by atoms with E-state index >= 15 is 0 Å². The molecule has 1 aliphatic rings. The minimum atomic E-state index is -0.337. The van der Waals surface area contributed by atoms with E-state index < -0.39 is 0 Å². The number of ether oxygens (including phenoxy) is 2. The number of rotatable bonds is 8. The first-order valence-corrected chi connectivity index (χ1v) is 10.1. The third-order valence-electron chi connectivity index (χ3n) is 4.77. The minimum Gasteiger partial charge on any atom is -0.462 e. The van der Waals surface area contributed by atoms with Crippen LogP contribution in [0.15, 0.2) is 36.4 Å². The minimum absolute atomic E-state index is 0.337. The van der Waals surface area contributed by atoms with Crippen LogP contribution in [-0.4, -0.2) is 43.9 Å². The van der Waals surface area contributed by atoms with Crippen LogP contribution >= 0.6 is 0 Å². The molecule has 1 fully saturated rings. The van der Waals surface area contributed by atoms with Crippen molar-refractivity contribution in [3.8, 4) is 0 Å². The summed E-state index contributed by atoms with van der Waals surface area (Å²) in [6.07, 6.45) is 2.65. The molecule has 0 bridgehead atoms. The number of benzene rings is 1. The SMILES string of the molecule is CCCCOC(=O)c1ccc(CC)nc1Nc1ccc(N2CCOCC2)cc1. The van der Waals surface area contributed by atoms with Crippen LogP contribution in [0.1, 0.15) is 42.7 Å². The first-order valence-electron chi connectivity index (χ1n) is 10.1. The Morgan fingerprint density at radius 2 is 1.89 bits per heavy atom. The van der Waals surface area contributed by atoms with Crippen LogP contribution in [-0.2, 0) is 15.9 Å². The van der Waals surface area contributed by atoms with Crippen LogP contribution in [0.2, 0.25) is 0 Å². The number of anilines is 3. The number of unbranched alkanes of at least 4 members (excludes halogenated alkanes) is 1. The van der Waals surface area contributed by atoms with Crippen molar-refractivity contribution in [1.29, 1.82) is 0 Å². The van der Waals surface area contributed by atoms with E-state index in [1.54, 1.807) is 6.07 Å². The number of hydrogen-bond acceptors (Lipinski definition) is 6. The number of carbonyl (C=O) groups excluding carboxylic acids is 1. The summed E-state index contributed by atoms with van der Waals surface area (Å²) in [5, 5.41) is 3.29. The van der Waals surface area contributed by atoms with E-state index in [1.807, 2.05) is 25.1 Å². The fourth-order valence-electron chi connectivity index (χ4n) is 3.06. The van der Waals surface area contributed by atoms with Crippen molar-refractivity contribution < 1.29 is 14.3 Å². The van der Waals surface area contributed by atoms with E-state index in [0.717, 1.165) is 56.9 Å². The highest BCUT2D eigenvalue weighted by Crippen LogP contribution is 2.24. The normalized spacial score (nSPS) is 14.0. The van der Waals surface area contributed by atoms with E-state index in [0.29, 0.717) is 18.0 Å². The average molecular weight is 383 g/mol. The molecule has 0 saturated carbocycles. The number of aromatic nitrogens is 1. The topological polar surface area (TPSA) is 63.7 Å². The van der Waals surface area contributed by atoms with Crippen LogP contribution in [0.5, 0.6) is 0 Å². The van der Waals surface area contributed by atoms with Crippen molar-refractivity contribution in [2.24, 2.45) is 0 Å². The molecule has 1 aliphatic heterocycles. The van der Waals surface area contributed by atoms with E-state index in [4.69, 9.17) is 9.47 Å². The number of nitrogens with zero attached hydrogens (tertiary/aromatic N) is 2. The molecule has 0 atom stereocenters. The van der Waals surface area contributed by atoms with E-state index in [2.05, 4.69) is 34.3 Å². The van der Waals surface area contributed by atoms with Crippen molar-refractivity contribution in [3.63, 3.8) is 0 Å². The molecule has 0 aliphatic carbocycles. The lowest BCUT2D eigenvalue weighted by Gasteiger charge is -2.29. The maximum atomic E-state index is 12.5. The summed E-state index contributed by atoms with van der Waals surface area (Å²) in [4.78, 5) is 19.4. The second-order valence-corrected chi connectivity index (χ2v) is 6.81. The monoisotopic (exact) mass is 383 g/mol. The first kappa shape index (κ1) is 20.1. The molecular weight excluding hydrogens is 354 g/mol. The zero-order chi connectivity index (χ0) is 19.8. The van der Waals surface area contributed by atoms with Gasteiger partial charge in [0.15, 0.2) is 0 Å². The summed E-state index contributed by atoms with van der Waals surface area (Å²) in [5.74, 6) is 0.205. The Kier molecular flexibility index (Phi) is 7.25. The molecule has 0 spiro atoms. The van der Waals surface area contributed by atoms with E-state index in [-0.39, 0.29) is 5.97 Å². The zero-order valence-corrected chi connectivity index (χ0v) is 16.7. The molecule has 1 N–H and O–H groups in total. The van der Waals surface area contributed by atoms with Crippen molar-refractivity contribution in [2.45, 2.75) is 33.1 Å². The maximum Gasteiger partial charge on any atom is 0.341 e. The lowest BCUT2D eigenvalue weighted by Crippen LogP contribution is -2.36. The highest BCUT2D eigenvalue weighted by atomic mass is 16.5. The van der Waals surface area contributed by atoms with Gasteiger partial charge >= 0.3 is 5.97 Å². The number of hydrogen-bond donors (Lipinski definition) is 1. The zero-order valence-electron chi connectivity index (χ0n) is 16.7. The van der Waals surface area contributed by atoms with Crippen LogP contribution in [0, 0.1) is 0 Å². The number of morpholine rings is 1. The molecule has 1 aromatic carbocycles. The number of carbonyl (C=O) groups is 1. The lowest BCUT2D eigenvalue weighted by molar-refractivity contribution is 0.0500. The fraction of sp³-hybridized carbons (Fsp3) is 0.455. The Morgan fingerprint density at radius 1 is 1.14 bits per heavy atom. The van der Waals surface area contributed by atoms with Crippen molar-refractivity contribution >= 4 is 23.2 Å². The van der Waals surface area contributed by atoms with Gasteiger partial charge in [0, 0.05) is 30.2 Å². The molecular formula is C22H29N3O3. The molecule has 1 aromatic heterocycles. The van der Waals surface area contributed by atoms with Gasteiger partial charge in [0.05, 0.1) is 19.8 Å². The van der Waals surface area contributed by atoms with Crippen molar-refractivity contribution in [3.05, 3.63) is 47.7 Å². The summed E-state index contributed by atoms with van der Waals surface area (Å²) in [7, 11) is 0. The van der Waals surface area contributed by atoms with Crippen molar-refractivity contribution in [1.82, 2.24) is 4.98 Å². The van der Waals surface area contributed by atoms with Crippen molar-refractivity contribution in [2.75, 3.05) is 43.1 Å². The summed E-state index contributed by atoms with van der Waals surface area (Å²) in [6.45, 7) is 7.87. The number of pyridine rings is 1. The van der Waals surface area contributed by atoms with Crippen LogP contribution in [0.4, 0.5) is 17.2 Å². The smallest absolute Gasteiger partial charge is 0.341 e. The van der Waals surface area contributed by atoms with Gasteiger partial charge in [0.2, 0.25) is 0 Å². The Balaban J connectivity index is 1.75. The predicted octanol–water partition coefficient (Wildman–Crippen LogP) is 4.18. The third-order valence-corrected chi connectivity index (χ3v) is 4.77. The highest BCUT2D eigenvalue weighted by molar-refractivity contribution is 5.95. The molecule has 0 amide bonds. The van der Waals surface area contributed by atoms with E-state index in [9.17, 15) is 4.79 Å². The maximum absolute atomic E-state index is 12.5. The molecule has 0 unspecified atom stereocenters. The second-order valence-electron chi connectivity index (χ2n) is 6.81. The molecule has 2 aromatic rings. The Bertz CT molecular complexity index is 771. The van der Waals surface area contributed by atoms with Crippen LogP contribution in [0.25, 0.3) is 0 Å². The van der Waals surface area contributed by atoms with Gasteiger partial charge in [0.1, 0.15) is 11.4 Å². The molecule has 2 heterocycles. The molecule has 150 valence electrons. The molecule has 1 saturated heterocycles. The van der Waals surface area contributed by atoms with Gasteiger partial charge in [-0.05, 0) is 49.2 Å². The van der Waals surface area contributed by atoms with Crippen LogP contribution < -0.4 is 10.2 Å². The van der Waals surface area contributed by atoms with Crippen LogP contribution in [0.3, 0.4) is 0 Å². The molecule has 0 radical (unpaired) electrons. The lowest BCUT2D eigenvalue weighted by atomic mass is 10.2. The second kappa shape index (κ2) is 10.1. The summed E-state index contributed by atoms with van der Waals surface area (Å²) in [6, 6.07) is 11.9. The fourth-order valence-corrected chi connectivity index (χ4v) is 3.06. The van der Waals surface area contributed by atoms with Gasteiger partial charge in [-0.2, -0.15) is 0 Å². The largest absolute Gasteiger partial charge is 0.462 e. The predicted molar refractivity (Wildman–Crippen MR) is 112 cm³/mol. The van der Waals surface area contributed by atoms with Gasteiger partial charge in [-0.15, -0.1) is 0 Å². The number of esters is 1. The Hall–Kier alpha value is -2.60. The molecule has 28 heavy (non-hydrogen) atoms. The third kappa shape index (κ3) is 5.23. The van der Waals surface area contributed by atoms with E-state index in [1.165, 1.54) is 5.69 Å². The highest BCUT2D eigenvalue weighted by Gasteiger charge is 2.16. The number of aryl methyl sites for hydroxylation is 1. The quantitative estimate of drug-likeness (QED) is 0.545.